The SMILES string of the molecule is CCCCCCCCCCCC(=O)O[C@H]1[C@H](OC)O[C@H](COP(=O)(O)OCC[N+](C)(C)C)[C@H]1OC(=O)CCCCCCCCCCC. The third-order valence-corrected chi connectivity index (χ3v) is 9.41. The van der Waals surface area contributed by atoms with Crippen LogP contribution < -0.4 is 0 Å². The number of hydrogen-bond donors (Lipinski definition) is 1. The van der Waals surface area contributed by atoms with E-state index in [9.17, 15) is 19.0 Å². The summed E-state index contributed by atoms with van der Waals surface area (Å²) in [6.45, 7) is 4.51. The molecule has 0 aliphatic carbocycles. The van der Waals surface area contributed by atoms with Gasteiger partial charge in [-0.25, -0.2) is 4.57 Å². The van der Waals surface area contributed by atoms with Gasteiger partial charge in [0.05, 0.1) is 27.7 Å². The smallest absolute Gasteiger partial charge is 0.455 e. The predicted molar refractivity (Wildman–Crippen MR) is 184 cm³/mol. The van der Waals surface area contributed by atoms with Gasteiger partial charge in [0.25, 0.3) is 0 Å². The lowest BCUT2D eigenvalue weighted by molar-refractivity contribution is -0.870. The van der Waals surface area contributed by atoms with Crippen LogP contribution in [0.25, 0.3) is 0 Å². The van der Waals surface area contributed by atoms with Crippen molar-refractivity contribution in [1.82, 2.24) is 0 Å². The fourth-order valence-corrected chi connectivity index (χ4v) is 6.22. The van der Waals surface area contributed by atoms with Crippen LogP contribution >= 0.6 is 7.82 Å². The summed E-state index contributed by atoms with van der Waals surface area (Å²) >= 11 is 0. The van der Waals surface area contributed by atoms with Crippen LogP contribution in [-0.4, -0.2) is 93.9 Å². The van der Waals surface area contributed by atoms with Crippen LogP contribution in [0.4, 0.5) is 0 Å². The van der Waals surface area contributed by atoms with Gasteiger partial charge in [0, 0.05) is 20.0 Å². The zero-order chi connectivity index (χ0) is 35.0. The highest BCUT2D eigenvalue weighted by molar-refractivity contribution is 7.47. The second-order valence-corrected chi connectivity index (χ2v) is 15.4. The molecule has 0 aromatic heterocycles. The van der Waals surface area contributed by atoms with Crippen molar-refractivity contribution >= 4 is 19.8 Å². The largest absolute Gasteiger partial charge is 0.472 e. The van der Waals surface area contributed by atoms with Gasteiger partial charge in [0.2, 0.25) is 0 Å². The van der Waals surface area contributed by atoms with Crippen molar-refractivity contribution in [1.29, 1.82) is 0 Å². The van der Waals surface area contributed by atoms with Crippen LogP contribution in [0.5, 0.6) is 0 Å². The van der Waals surface area contributed by atoms with E-state index in [1.165, 1.54) is 71.3 Å². The third kappa shape index (κ3) is 22.3. The van der Waals surface area contributed by atoms with Crippen molar-refractivity contribution in [2.75, 3.05) is 48.0 Å². The number of esters is 2. The maximum Gasteiger partial charge on any atom is 0.472 e. The number of phosphoric acid groups is 1. The lowest BCUT2D eigenvalue weighted by Gasteiger charge is -2.25. The summed E-state index contributed by atoms with van der Waals surface area (Å²) in [4.78, 5) is 36.1. The molecule has 1 N–H and O–H groups in total. The number of methoxy groups -OCH3 is 1. The molecule has 0 aromatic rings. The van der Waals surface area contributed by atoms with E-state index in [1.54, 1.807) is 0 Å². The fraction of sp³-hybridized carbons (Fsp3) is 0.943. The number of phosphoric ester groups is 1. The van der Waals surface area contributed by atoms with Gasteiger partial charge in [-0.2, -0.15) is 0 Å². The first-order chi connectivity index (χ1) is 22.4. The Balaban J connectivity index is 2.71. The van der Waals surface area contributed by atoms with Crippen molar-refractivity contribution in [2.24, 2.45) is 0 Å². The Hall–Kier alpha value is -1.07. The van der Waals surface area contributed by atoms with E-state index >= 15 is 0 Å². The first kappa shape index (κ1) is 44.0. The number of ether oxygens (including phenoxy) is 4. The van der Waals surface area contributed by atoms with Gasteiger partial charge in [0.1, 0.15) is 19.3 Å². The molecule has 5 atom stereocenters. The summed E-state index contributed by atoms with van der Waals surface area (Å²) in [5, 5.41) is 0. The third-order valence-electron chi connectivity index (χ3n) is 8.42. The van der Waals surface area contributed by atoms with E-state index in [0.29, 0.717) is 23.9 Å². The summed E-state index contributed by atoms with van der Waals surface area (Å²) in [7, 11) is 2.80. The highest BCUT2D eigenvalue weighted by atomic mass is 31.2. The minimum atomic E-state index is -4.42. The van der Waals surface area contributed by atoms with Gasteiger partial charge in [-0.3, -0.25) is 18.6 Å². The van der Waals surface area contributed by atoms with E-state index in [-0.39, 0.29) is 19.4 Å². The quantitative estimate of drug-likeness (QED) is 0.0344. The molecule has 278 valence electrons. The zero-order valence-corrected chi connectivity index (χ0v) is 31.5. The van der Waals surface area contributed by atoms with Gasteiger partial charge < -0.3 is 28.3 Å². The number of rotatable bonds is 30. The topological polar surface area (TPSA) is 127 Å². The molecule has 0 bridgehead atoms. The minimum Gasteiger partial charge on any atom is -0.455 e. The van der Waals surface area contributed by atoms with Crippen LogP contribution in [0, 0.1) is 0 Å². The van der Waals surface area contributed by atoms with E-state index in [0.717, 1.165) is 38.5 Å². The van der Waals surface area contributed by atoms with Crippen LogP contribution in [0.15, 0.2) is 0 Å². The Morgan fingerprint density at radius 1 is 0.681 bits per heavy atom. The molecule has 1 saturated heterocycles. The van der Waals surface area contributed by atoms with Crippen molar-refractivity contribution in [3.8, 4) is 0 Å². The molecule has 11 nitrogen and oxygen atoms in total. The van der Waals surface area contributed by atoms with Crippen LogP contribution in [-0.2, 0) is 42.1 Å². The van der Waals surface area contributed by atoms with Gasteiger partial charge in [-0.15, -0.1) is 0 Å². The Bertz CT molecular complexity index is 868. The van der Waals surface area contributed by atoms with Crippen LogP contribution in [0.3, 0.4) is 0 Å². The van der Waals surface area contributed by atoms with Gasteiger partial charge in [-0.05, 0) is 12.8 Å². The second kappa shape index (κ2) is 25.8. The lowest BCUT2D eigenvalue weighted by Crippen LogP contribution is -2.42. The van der Waals surface area contributed by atoms with Crippen molar-refractivity contribution < 1.29 is 51.5 Å². The number of hydrogen-bond acceptors (Lipinski definition) is 9. The molecule has 0 radical (unpaired) electrons. The molecule has 1 heterocycles. The number of unbranched alkanes of at least 4 members (excludes halogenated alkanes) is 16. The molecule has 1 aliphatic heterocycles. The molecule has 0 amide bonds. The summed E-state index contributed by atoms with van der Waals surface area (Å²) in [5.74, 6) is -0.878. The van der Waals surface area contributed by atoms with Crippen molar-refractivity contribution in [3.05, 3.63) is 0 Å². The van der Waals surface area contributed by atoms with E-state index < -0.39 is 51.0 Å². The van der Waals surface area contributed by atoms with Gasteiger partial charge in [0.15, 0.2) is 18.5 Å². The number of carbonyl (C=O) groups excluding carboxylic acids is 2. The van der Waals surface area contributed by atoms with E-state index in [2.05, 4.69) is 13.8 Å². The molecular weight excluding hydrogens is 625 g/mol. The number of carbonyl (C=O) groups is 2. The molecule has 12 heteroatoms. The molecule has 47 heavy (non-hydrogen) atoms. The Labute approximate surface area is 285 Å². The average Bonchev–Trinajstić information content (AvgIpc) is 3.33. The molecule has 0 saturated carbocycles. The van der Waals surface area contributed by atoms with Crippen molar-refractivity contribution in [3.63, 3.8) is 0 Å². The molecule has 1 rings (SSSR count). The zero-order valence-electron chi connectivity index (χ0n) is 30.6. The lowest BCUT2D eigenvalue weighted by atomic mass is 10.1. The normalized spacial score (nSPS) is 21.1. The first-order valence-corrected chi connectivity index (χ1v) is 19.9. The number of nitrogens with zero attached hydrogens (tertiary/aromatic N) is 1. The Kier molecular flexibility index (Phi) is 24.2. The minimum absolute atomic E-state index is 0.0136. The maximum atomic E-state index is 12.9. The fourth-order valence-electron chi connectivity index (χ4n) is 5.50. The summed E-state index contributed by atoms with van der Waals surface area (Å²) in [6.07, 6.45) is 16.5. The van der Waals surface area contributed by atoms with E-state index in [1.807, 2.05) is 21.1 Å². The standard InChI is InChI=1S/C35H68NO10P/c1-7-9-11-13-15-17-19-21-23-25-31(37)45-33-30(29-43-47(39,40)42-28-27-36(3,4)5)44-35(41-6)34(33)46-32(38)26-24-22-20-18-16-14-12-10-8-2/h30,33-35H,7-29H2,1-6H3/p+1/t30-,33-,34-,35-/m1/s1. The highest BCUT2D eigenvalue weighted by Gasteiger charge is 2.50. The van der Waals surface area contributed by atoms with Gasteiger partial charge >= 0.3 is 19.8 Å². The highest BCUT2D eigenvalue weighted by Crippen LogP contribution is 2.44. The molecule has 0 aromatic carbocycles. The molecular formula is C35H69NO10P+. The molecule has 1 unspecified atom stereocenters. The first-order valence-electron chi connectivity index (χ1n) is 18.4. The molecule has 1 aliphatic rings. The van der Waals surface area contributed by atoms with Crippen molar-refractivity contribution in [2.45, 2.75) is 167 Å². The number of likely N-dealkylation sites (N-methyl/N-ethyl adjacent to an activating group) is 1. The molecule has 0 spiro atoms. The van der Waals surface area contributed by atoms with Crippen LogP contribution in [0.2, 0.25) is 0 Å². The predicted octanol–water partition coefficient (Wildman–Crippen LogP) is 7.86. The van der Waals surface area contributed by atoms with E-state index in [4.69, 9.17) is 28.0 Å². The summed E-state index contributed by atoms with van der Waals surface area (Å²) < 4.78 is 46.4. The summed E-state index contributed by atoms with van der Waals surface area (Å²) in [5.41, 5.74) is 0. The van der Waals surface area contributed by atoms with Gasteiger partial charge in [-0.1, -0.05) is 117 Å². The maximum absolute atomic E-state index is 12.9. The summed E-state index contributed by atoms with van der Waals surface area (Å²) in [6, 6.07) is 0. The Morgan fingerprint density at radius 2 is 1.11 bits per heavy atom. The second-order valence-electron chi connectivity index (χ2n) is 14.0. The monoisotopic (exact) mass is 694 g/mol. The average molecular weight is 695 g/mol. The Morgan fingerprint density at radius 3 is 1.53 bits per heavy atom. The van der Waals surface area contributed by atoms with Crippen LogP contribution in [0.1, 0.15) is 142 Å². The molecule has 1 fully saturated rings. The number of quaternary nitrogens is 1.